The van der Waals surface area contributed by atoms with Crippen LogP contribution in [0, 0.1) is 0 Å². The van der Waals surface area contributed by atoms with Gasteiger partial charge in [0.2, 0.25) is 5.91 Å². The lowest BCUT2D eigenvalue weighted by atomic mass is 10.00. The number of carbonyl (C=O) groups is 2. The molecule has 2 aromatic carbocycles. The first kappa shape index (κ1) is 13.6. The summed E-state index contributed by atoms with van der Waals surface area (Å²) >= 11 is 6.02. The van der Waals surface area contributed by atoms with Gasteiger partial charge in [-0.3, -0.25) is 9.59 Å². The van der Waals surface area contributed by atoms with Crippen LogP contribution in [0.4, 0.5) is 11.4 Å². The molecular weight excluding hydrogens is 288 g/mol. The molecule has 106 valence electrons. The quantitative estimate of drug-likeness (QED) is 0.892. The molecule has 0 saturated heterocycles. The molecule has 1 heterocycles. The molecule has 0 unspecified atom stereocenters. The molecule has 0 atom stereocenters. The number of nitrogens with one attached hydrogen (secondary N) is 2. The van der Waals surface area contributed by atoms with Gasteiger partial charge in [0.05, 0.1) is 10.7 Å². The molecule has 0 aromatic heterocycles. The van der Waals surface area contributed by atoms with Gasteiger partial charge in [0.1, 0.15) is 0 Å². The Hall–Kier alpha value is -2.33. The molecule has 0 spiro atoms. The number of hydrogen-bond donors (Lipinski definition) is 2. The van der Waals surface area contributed by atoms with Gasteiger partial charge < -0.3 is 10.6 Å². The number of benzene rings is 2. The number of para-hydroxylation sites is 1. The van der Waals surface area contributed by atoms with Crippen molar-refractivity contribution in [2.24, 2.45) is 0 Å². The smallest absolute Gasteiger partial charge is 0.255 e. The van der Waals surface area contributed by atoms with Crippen molar-refractivity contribution in [2.45, 2.75) is 12.8 Å². The van der Waals surface area contributed by atoms with Crippen LogP contribution >= 0.6 is 11.6 Å². The van der Waals surface area contributed by atoms with E-state index in [-0.39, 0.29) is 11.8 Å². The number of rotatable bonds is 2. The maximum atomic E-state index is 12.3. The van der Waals surface area contributed by atoms with Crippen LogP contribution in [-0.2, 0) is 11.2 Å². The van der Waals surface area contributed by atoms with Crippen molar-refractivity contribution in [3.8, 4) is 0 Å². The van der Waals surface area contributed by atoms with E-state index in [1.807, 2.05) is 6.07 Å². The zero-order chi connectivity index (χ0) is 14.8. The molecule has 0 radical (unpaired) electrons. The van der Waals surface area contributed by atoms with Crippen molar-refractivity contribution in [3.63, 3.8) is 0 Å². The van der Waals surface area contributed by atoms with Gasteiger partial charge in [0, 0.05) is 17.7 Å². The number of carbonyl (C=O) groups excluding carboxylic acids is 2. The van der Waals surface area contributed by atoms with E-state index in [9.17, 15) is 9.59 Å². The SMILES string of the molecule is O=C1CCc2cc(C(=O)Nc3ccccc3Cl)ccc2N1. The van der Waals surface area contributed by atoms with E-state index < -0.39 is 0 Å². The Morgan fingerprint density at radius 2 is 1.95 bits per heavy atom. The van der Waals surface area contributed by atoms with Gasteiger partial charge in [-0.15, -0.1) is 0 Å². The van der Waals surface area contributed by atoms with Gasteiger partial charge in [-0.1, -0.05) is 23.7 Å². The Kier molecular flexibility index (Phi) is 3.62. The molecule has 0 fully saturated rings. The summed E-state index contributed by atoms with van der Waals surface area (Å²) in [6.45, 7) is 0. The van der Waals surface area contributed by atoms with Crippen molar-refractivity contribution in [1.82, 2.24) is 0 Å². The van der Waals surface area contributed by atoms with Crippen molar-refractivity contribution in [1.29, 1.82) is 0 Å². The maximum Gasteiger partial charge on any atom is 0.255 e. The maximum absolute atomic E-state index is 12.3. The predicted octanol–water partition coefficient (Wildman–Crippen LogP) is 3.48. The van der Waals surface area contributed by atoms with Crippen LogP contribution in [0.15, 0.2) is 42.5 Å². The summed E-state index contributed by atoms with van der Waals surface area (Å²) in [7, 11) is 0. The number of fused-ring (bicyclic) bond motifs is 1. The molecule has 5 heteroatoms. The monoisotopic (exact) mass is 300 g/mol. The highest BCUT2D eigenvalue weighted by atomic mass is 35.5. The molecule has 4 nitrogen and oxygen atoms in total. The van der Waals surface area contributed by atoms with Crippen LogP contribution in [-0.4, -0.2) is 11.8 Å². The topological polar surface area (TPSA) is 58.2 Å². The molecule has 21 heavy (non-hydrogen) atoms. The Morgan fingerprint density at radius 1 is 1.14 bits per heavy atom. The van der Waals surface area contributed by atoms with E-state index in [0.717, 1.165) is 11.3 Å². The molecule has 3 rings (SSSR count). The van der Waals surface area contributed by atoms with Crippen molar-refractivity contribution >= 4 is 34.8 Å². The van der Waals surface area contributed by atoms with E-state index in [2.05, 4.69) is 10.6 Å². The molecule has 1 aliphatic rings. The fraction of sp³-hybridized carbons (Fsp3) is 0.125. The Balaban J connectivity index is 1.83. The highest BCUT2D eigenvalue weighted by Gasteiger charge is 2.17. The highest BCUT2D eigenvalue weighted by molar-refractivity contribution is 6.33. The minimum Gasteiger partial charge on any atom is -0.326 e. The van der Waals surface area contributed by atoms with E-state index >= 15 is 0 Å². The third kappa shape index (κ3) is 2.90. The van der Waals surface area contributed by atoms with E-state index in [1.54, 1.807) is 36.4 Å². The van der Waals surface area contributed by atoms with Crippen LogP contribution in [0.2, 0.25) is 5.02 Å². The molecular formula is C16H13ClN2O2. The average molecular weight is 301 g/mol. The van der Waals surface area contributed by atoms with E-state index in [1.165, 1.54) is 0 Å². The molecule has 2 amide bonds. The minimum atomic E-state index is -0.220. The normalized spacial score (nSPS) is 13.3. The van der Waals surface area contributed by atoms with Crippen LogP contribution in [0.1, 0.15) is 22.3 Å². The van der Waals surface area contributed by atoms with Crippen molar-refractivity contribution in [3.05, 3.63) is 58.6 Å². The lowest BCUT2D eigenvalue weighted by Gasteiger charge is -2.17. The summed E-state index contributed by atoms with van der Waals surface area (Å²) in [5.41, 5.74) is 2.88. The summed E-state index contributed by atoms with van der Waals surface area (Å²) < 4.78 is 0. The molecule has 2 aromatic rings. The number of halogens is 1. The highest BCUT2D eigenvalue weighted by Crippen LogP contribution is 2.25. The summed E-state index contributed by atoms with van der Waals surface area (Å²) in [5, 5.41) is 6.07. The lowest BCUT2D eigenvalue weighted by Crippen LogP contribution is -2.20. The van der Waals surface area contributed by atoms with Gasteiger partial charge in [0.25, 0.3) is 5.91 Å². The zero-order valence-electron chi connectivity index (χ0n) is 11.2. The summed E-state index contributed by atoms with van der Waals surface area (Å²) in [6, 6.07) is 12.3. The molecule has 0 aliphatic carbocycles. The molecule has 2 N–H and O–H groups in total. The number of anilines is 2. The van der Waals surface area contributed by atoms with Crippen LogP contribution in [0.3, 0.4) is 0 Å². The van der Waals surface area contributed by atoms with Crippen LogP contribution in [0.25, 0.3) is 0 Å². The van der Waals surface area contributed by atoms with Gasteiger partial charge in [-0.25, -0.2) is 0 Å². The largest absolute Gasteiger partial charge is 0.326 e. The number of hydrogen-bond acceptors (Lipinski definition) is 2. The average Bonchev–Trinajstić information content (AvgIpc) is 2.49. The standard InChI is InChI=1S/C16H13ClN2O2/c17-12-3-1-2-4-14(12)19-16(21)11-5-7-13-10(9-11)6-8-15(20)18-13/h1-5,7,9H,6,8H2,(H,18,20)(H,19,21). The van der Waals surface area contributed by atoms with Gasteiger partial charge in [-0.05, 0) is 42.3 Å². The second-order valence-corrected chi connectivity index (χ2v) is 5.26. The fourth-order valence-corrected chi connectivity index (χ4v) is 2.46. The van der Waals surface area contributed by atoms with Gasteiger partial charge in [-0.2, -0.15) is 0 Å². The predicted molar refractivity (Wildman–Crippen MR) is 82.8 cm³/mol. The second-order valence-electron chi connectivity index (χ2n) is 4.85. The lowest BCUT2D eigenvalue weighted by molar-refractivity contribution is -0.116. The number of aryl methyl sites for hydroxylation is 1. The van der Waals surface area contributed by atoms with E-state index in [4.69, 9.17) is 11.6 Å². The Morgan fingerprint density at radius 3 is 2.76 bits per heavy atom. The molecule has 0 bridgehead atoms. The summed E-state index contributed by atoms with van der Waals surface area (Å²) in [6.07, 6.45) is 1.09. The van der Waals surface area contributed by atoms with Crippen molar-refractivity contribution < 1.29 is 9.59 Å². The first-order valence-electron chi connectivity index (χ1n) is 6.62. The van der Waals surface area contributed by atoms with Crippen LogP contribution in [0.5, 0.6) is 0 Å². The second kappa shape index (κ2) is 5.58. The summed E-state index contributed by atoms with van der Waals surface area (Å²) in [4.78, 5) is 23.6. The van der Waals surface area contributed by atoms with Crippen LogP contribution < -0.4 is 10.6 Å². The number of amides is 2. The zero-order valence-corrected chi connectivity index (χ0v) is 11.9. The first-order valence-corrected chi connectivity index (χ1v) is 7.00. The van der Waals surface area contributed by atoms with Gasteiger partial charge >= 0.3 is 0 Å². The minimum absolute atomic E-state index is 0.00997. The van der Waals surface area contributed by atoms with Crippen molar-refractivity contribution in [2.75, 3.05) is 10.6 Å². The third-order valence-corrected chi connectivity index (χ3v) is 3.71. The molecule has 1 aliphatic heterocycles. The Labute approximate surface area is 127 Å². The van der Waals surface area contributed by atoms with E-state index in [0.29, 0.717) is 29.1 Å². The van der Waals surface area contributed by atoms with Gasteiger partial charge in [0.15, 0.2) is 0 Å². The first-order chi connectivity index (χ1) is 10.1. The Bertz CT molecular complexity index is 728. The third-order valence-electron chi connectivity index (χ3n) is 3.38. The summed E-state index contributed by atoms with van der Waals surface area (Å²) in [5.74, 6) is -0.210. The molecule has 0 saturated carbocycles. The fourth-order valence-electron chi connectivity index (χ4n) is 2.28.